The molecule has 1 amide bonds. The van der Waals surface area contributed by atoms with Crippen molar-refractivity contribution < 1.29 is 9.53 Å². The molecular weight excluding hydrogens is 382 g/mol. The molecule has 1 fully saturated rings. The highest BCUT2D eigenvalue weighted by molar-refractivity contribution is 7.98. The zero-order valence-electron chi connectivity index (χ0n) is 16.1. The number of amides is 1. The summed E-state index contributed by atoms with van der Waals surface area (Å²) in [7, 11) is 0. The van der Waals surface area contributed by atoms with Crippen molar-refractivity contribution in [1.29, 1.82) is 0 Å². The zero-order valence-corrected chi connectivity index (χ0v) is 16.9. The third kappa shape index (κ3) is 5.16. The molecule has 0 aliphatic carbocycles. The van der Waals surface area contributed by atoms with E-state index in [1.165, 1.54) is 5.56 Å². The molecule has 1 aliphatic rings. The van der Waals surface area contributed by atoms with E-state index in [-0.39, 0.29) is 5.91 Å². The van der Waals surface area contributed by atoms with Crippen molar-refractivity contribution in [3.05, 3.63) is 84.2 Å². The van der Waals surface area contributed by atoms with Gasteiger partial charge in [0.1, 0.15) is 5.69 Å². The van der Waals surface area contributed by atoms with Crippen LogP contribution in [0.5, 0.6) is 0 Å². The van der Waals surface area contributed by atoms with Crippen LogP contribution >= 0.6 is 11.8 Å². The van der Waals surface area contributed by atoms with Gasteiger partial charge in [-0.1, -0.05) is 42.5 Å². The number of para-hydroxylation sites is 1. The van der Waals surface area contributed by atoms with Crippen molar-refractivity contribution in [1.82, 2.24) is 4.98 Å². The fourth-order valence-corrected chi connectivity index (χ4v) is 4.14. The number of morpholine rings is 1. The van der Waals surface area contributed by atoms with Gasteiger partial charge in [0.05, 0.1) is 18.9 Å². The Labute approximate surface area is 175 Å². The third-order valence-corrected chi connectivity index (χ3v) is 5.87. The molecule has 4 rings (SSSR count). The van der Waals surface area contributed by atoms with E-state index >= 15 is 0 Å². The number of pyridine rings is 1. The van der Waals surface area contributed by atoms with Gasteiger partial charge in [0.15, 0.2) is 0 Å². The number of nitrogens with one attached hydrogen (secondary N) is 1. The number of carbonyl (C=O) groups excluding carboxylic acids is 1. The first kappa shape index (κ1) is 19.5. The number of aromatic nitrogens is 1. The van der Waals surface area contributed by atoms with Crippen LogP contribution in [0.1, 0.15) is 16.1 Å². The standard InChI is InChI=1S/C23H23N3O2S/c27-23(21-16-19(10-11-24-21)26-12-14-28-15-13-26)25-20-8-4-5-9-22(20)29-17-18-6-2-1-3-7-18/h1-11,16H,12-15,17H2,(H,25,27). The average Bonchev–Trinajstić information content (AvgIpc) is 2.80. The van der Waals surface area contributed by atoms with Crippen LogP contribution < -0.4 is 10.2 Å². The maximum Gasteiger partial charge on any atom is 0.274 e. The van der Waals surface area contributed by atoms with Crippen LogP contribution in [-0.2, 0) is 10.5 Å². The van der Waals surface area contributed by atoms with Crippen molar-refractivity contribution >= 4 is 29.0 Å². The molecule has 1 aromatic heterocycles. The lowest BCUT2D eigenvalue weighted by molar-refractivity contribution is 0.102. The molecule has 1 saturated heterocycles. The van der Waals surface area contributed by atoms with Crippen LogP contribution in [0.4, 0.5) is 11.4 Å². The van der Waals surface area contributed by atoms with Crippen molar-refractivity contribution in [2.45, 2.75) is 10.6 Å². The van der Waals surface area contributed by atoms with Gasteiger partial charge >= 0.3 is 0 Å². The number of hydrogen-bond donors (Lipinski definition) is 1. The average molecular weight is 406 g/mol. The van der Waals surface area contributed by atoms with Crippen LogP contribution in [-0.4, -0.2) is 37.2 Å². The number of carbonyl (C=O) groups is 1. The number of rotatable bonds is 6. The second-order valence-electron chi connectivity index (χ2n) is 6.72. The van der Waals surface area contributed by atoms with E-state index in [1.807, 2.05) is 54.6 Å². The van der Waals surface area contributed by atoms with Crippen molar-refractivity contribution in [2.75, 3.05) is 36.5 Å². The summed E-state index contributed by atoms with van der Waals surface area (Å²) in [6, 6.07) is 22.0. The van der Waals surface area contributed by atoms with Crippen LogP contribution in [0.25, 0.3) is 0 Å². The second kappa shape index (κ2) is 9.58. The van der Waals surface area contributed by atoms with E-state index in [1.54, 1.807) is 18.0 Å². The first-order valence-electron chi connectivity index (χ1n) is 9.65. The maximum atomic E-state index is 12.8. The predicted octanol–water partition coefficient (Wildman–Crippen LogP) is 4.46. The van der Waals surface area contributed by atoms with Gasteiger partial charge in [0.2, 0.25) is 0 Å². The highest BCUT2D eigenvalue weighted by atomic mass is 32.2. The summed E-state index contributed by atoms with van der Waals surface area (Å²) < 4.78 is 5.41. The Balaban J connectivity index is 1.46. The lowest BCUT2D eigenvalue weighted by atomic mass is 10.2. The van der Waals surface area contributed by atoms with Gasteiger partial charge in [-0.05, 0) is 29.8 Å². The molecule has 148 valence electrons. The molecule has 29 heavy (non-hydrogen) atoms. The summed E-state index contributed by atoms with van der Waals surface area (Å²) in [5.41, 5.74) is 3.47. The Hall–Kier alpha value is -2.83. The molecule has 0 radical (unpaired) electrons. The third-order valence-electron chi connectivity index (χ3n) is 4.72. The Morgan fingerprint density at radius 1 is 1.03 bits per heavy atom. The highest BCUT2D eigenvalue weighted by Gasteiger charge is 2.15. The van der Waals surface area contributed by atoms with Crippen molar-refractivity contribution in [2.24, 2.45) is 0 Å². The topological polar surface area (TPSA) is 54.5 Å². The molecule has 2 heterocycles. The number of nitrogens with zero attached hydrogens (tertiary/aromatic N) is 2. The summed E-state index contributed by atoms with van der Waals surface area (Å²) in [4.78, 5) is 20.4. The summed E-state index contributed by atoms with van der Waals surface area (Å²) in [6.45, 7) is 3.06. The van der Waals surface area contributed by atoms with E-state index in [0.717, 1.165) is 35.1 Å². The second-order valence-corrected chi connectivity index (χ2v) is 7.74. The molecule has 0 spiro atoms. The van der Waals surface area contributed by atoms with Gasteiger partial charge in [-0.15, -0.1) is 11.8 Å². The predicted molar refractivity (Wildman–Crippen MR) is 118 cm³/mol. The van der Waals surface area contributed by atoms with Gasteiger partial charge in [-0.3, -0.25) is 9.78 Å². The number of ether oxygens (including phenoxy) is 1. The molecule has 0 unspecified atom stereocenters. The Kier molecular flexibility index (Phi) is 6.44. The first-order chi connectivity index (χ1) is 14.3. The van der Waals surface area contributed by atoms with E-state index in [9.17, 15) is 4.79 Å². The molecule has 5 nitrogen and oxygen atoms in total. The zero-order chi connectivity index (χ0) is 19.9. The molecule has 0 atom stereocenters. The number of benzene rings is 2. The fourth-order valence-electron chi connectivity index (χ4n) is 3.18. The van der Waals surface area contributed by atoms with E-state index < -0.39 is 0 Å². The van der Waals surface area contributed by atoms with Crippen molar-refractivity contribution in [3.8, 4) is 0 Å². The summed E-state index contributed by atoms with van der Waals surface area (Å²) in [5, 5.41) is 3.03. The minimum absolute atomic E-state index is 0.201. The molecule has 1 aliphatic heterocycles. The highest BCUT2D eigenvalue weighted by Crippen LogP contribution is 2.30. The maximum absolute atomic E-state index is 12.8. The molecule has 6 heteroatoms. The molecule has 2 aromatic carbocycles. The van der Waals surface area contributed by atoms with E-state index in [2.05, 4.69) is 27.3 Å². The Morgan fingerprint density at radius 3 is 2.62 bits per heavy atom. The SMILES string of the molecule is O=C(Nc1ccccc1SCc1ccccc1)c1cc(N2CCOCC2)ccn1. The minimum atomic E-state index is -0.201. The molecular formula is C23H23N3O2S. The molecule has 0 bridgehead atoms. The van der Waals surface area contributed by atoms with Crippen LogP contribution in [0.15, 0.2) is 77.8 Å². The van der Waals surface area contributed by atoms with Gasteiger partial charge in [0.25, 0.3) is 5.91 Å². The van der Waals surface area contributed by atoms with Gasteiger partial charge in [-0.25, -0.2) is 0 Å². The minimum Gasteiger partial charge on any atom is -0.378 e. The molecule has 1 N–H and O–H groups in total. The smallest absolute Gasteiger partial charge is 0.274 e. The van der Waals surface area contributed by atoms with Gasteiger partial charge in [0, 0.05) is 35.6 Å². The van der Waals surface area contributed by atoms with Crippen LogP contribution in [0.3, 0.4) is 0 Å². The first-order valence-corrected chi connectivity index (χ1v) is 10.6. The normalized spacial score (nSPS) is 13.9. The molecule has 3 aromatic rings. The largest absolute Gasteiger partial charge is 0.378 e. The number of thioether (sulfide) groups is 1. The van der Waals surface area contributed by atoms with Gasteiger partial charge in [-0.2, -0.15) is 0 Å². The van der Waals surface area contributed by atoms with E-state index in [0.29, 0.717) is 18.9 Å². The quantitative estimate of drug-likeness (QED) is 0.614. The Bertz CT molecular complexity index is 959. The summed E-state index contributed by atoms with van der Waals surface area (Å²) in [5.74, 6) is 0.645. The Morgan fingerprint density at radius 2 is 1.79 bits per heavy atom. The molecule has 0 saturated carbocycles. The van der Waals surface area contributed by atoms with Crippen LogP contribution in [0, 0.1) is 0 Å². The fraction of sp³-hybridized carbons (Fsp3) is 0.217. The lowest BCUT2D eigenvalue weighted by Crippen LogP contribution is -2.36. The number of anilines is 2. The van der Waals surface area contributed by atoms with Crippen molar-refractivity contribution in [3.63, 3.8) is 0 Å². The van der Waals surface area contributed by atoms with E-state index in [4.69, 9.17) is 4.74 Å². The summed E-state index contributed by atoms with van der Waals surface area (Å²) >= 11 is 1.71. The number of hydrogen-bond acceptors (Lipinski definition) is 5. The van der Waals surface area contributed by atoms with Gasteiger partial charge < -0.3 is 15.0 Å². The lowest BCUT2D eigenvalue weighted by Gasteiger charge is -2.28. The monoisotopic (exact) mass is 405 g/mol. The summed E-state index contributed by atoms with van der Waals surface area (Å²) in [6.07, 6.45) is 1.69. The van der Waals surface area contributed by atoms with Crippen LogP contribution in [0.2, 0.25) is 0 Å².